The number of anilines is 1. The molecule has 0 aliphatic heterocycles. The number of carboxylic acid groups (broad SMARTS) is 1. The van der Waals surface area contributed by atoms with Crippen LogP contribution in [0.25, 0.3) is 0 Å². The van der Waals surface area contributed by atoms with Gasteiger partial charge in [-0.3, -0.25) is 14.5 Å². The highest BCUT2D eigenvalue weighted by Crippen LogP contribution is 2.24. The van der Waals surface area contributed by atoms with E-state index in [2.05, 4.69) is 0 Å². The molecule has 0 spiro atoms. The minimum atomic E-state index is -1.15. The Hall–Kier alpha value is -1.98. The van der Waals surface area contributed by atoms with Crippen molar-refractivity contribution < 1.29 is 19.1 Å². The Kier molecular flexibility index (Phi) is 4.32. The largest absolute Gasteiger partial charge is 0.480 e. The fourth-order valence-corrected chi connectivity index (χ4v) is 2.03. The van der Waals surface area contributed by atoms with Gasteiger partial charge in [-0.15, -0.1) is 0 Å². The summed E-state index contributed by atoms with van der Waals surface area (Å²) in [5.41, 5.74) is 0.454. The summed E-state index contributed by atoms with van der Waals surface area (Å²) >= 11 is 11.6. The van der Waals surface area contributed by atoms with Crippen molar-refractivity contribution in [2.24, 2.45) is 0 Å². The lowest BCUT2D eigenvalue weighted by Gasteiger charge is -2.20. The van der Waals surface area contributed by atoms with E-state index in [1.165, 1.54) is 18.4 Å². The van der Waals surface area contributed by atoms with E-state index in [0.29, 0.717) is 10.7 Å². The standard InChI is InChI=1S/C13H9Cl2NO4/c14-8-2-1-3-9(6-8)16(7-11(17)18)13(19)10-4-5-20-12(10)15/h1-6H,7H2,(H,17,18). The first kappa shape index (κ1) is 14.4. The summed E-state index contributed by atoms with van der Waals surface area (Å²) in [6.07, 6.45) is 1.26. The maximum absolute atomic E-state index is 12.3. The molecular formula is C13H9Cl2NO4. The first-order chi connectivity index (χ1) is 9.49. The average molecular weight is 314 g/mol. The zero-order valence-electron chi connectivity index (χ0n) is 10.0. The summed E-state index contributed by atoms with van der Waals surface area (Å²) in [5, 5.41) is 9.25. The Balaban J connectivity index is 2.40. The Morgan fingerprint density at radius 3 is 2.55 bits per heavy atom. The summed E-state index contributed by atoms with van der Waals surface area (Å²) in [5.74, 6) is -1.73. The van der Waals surface area contributed by atoms with E-state index in [4.69, 9.17) is 32.7 Å². The third-order valence-electron chi connectivity index (χ3n) is 2.51. The summed E-state index contributed by atoms with van der Waals surface area (Å²) in [6.45, 7) is -0.513. The van der Waals surface area contributed by atoms with Crippen molar-refractivity contribution in [3.05, 3.63) is 52.4 Å². The molecule has 0 aliphatic carbocycles. The number of halogens is 2. The van der Waals surface area contributed by atoms with Gasteiger partial charge in [0.2, 0.25) is 5.22 Å². The predicted octanol–water partition coefficient (Wildman–Crippen LogP) is 3.32. The lowest BCUT2D eigenvalue weighted by molar-refractivity contribution is -0.135. The maximum Gasteiger partial charge on any atom is 0.323 e. The van der Waals surface area contributed by atoms with Crippen molar-refractivity contribution in [1.29, 1.82) is 0 Å². The van der Waals surface area contributed by atoms with Gasteiger partial charge in [0.15, 0.2) is 0 Å². The van der Waals surface area contributed by atoms with Crippen molar-refractivity contribution in [2.75, 3.05) is 11.4 Å². The molecule has 1 aromatic heterocycles. The smallest absolute Gasteiger partial charge is 0.323 e. The molecule has 0 saturated heterocycles. The van der Waals surface area contributed by atoms with Crippen LogP contribution in [0.2, 0.25) is 10.2 Å². The van der Waals surface area contributed by atoms with Crippen molar-refractivity contribution in [1.82, 2.24) is 0 Å². The number of hydrogen-bond donors (Lipinski definition) is 1. The topological polar surface area (TPSA) is 70.8 Å². The number of carboxylic acids is 1. The lowest BCUT2D eigenvalue weighted by atomic mass is 10.2. The molecule has 2 aromatic rings. The van der Waals surface area contributed by atoms with E-state index in [1.54, 1.807) is 18.2 Å². The second-order valence-corrected chi connectivity index (χ2v) is 4.65. The van der Waals surface area contributed by atoms with Crippen molar-refractivity contribution >= 4 is 40.8 Å². The van der Waals surface area contributed by atoms with Crippen LogP contribution in [0.4, 0.5) is 5.69 Å². The Morgan fingerprint density at radius 2 is 2.00 bits per heavy atom. The number of hydrogen-bond acceptors (Lipinski definition) is 3. The highest BCUT2D eigenvalue weighted by atomic mass is 35.5. The Morgan fingerprint density at radius 1 is 1.25 bits per heavy atom. The van der Waals surface area contributed by atoms with Gasteiger partial charge in [0.25, 0.3) is 5.91 Å². The number of carbonyl (C=O) groups is 2. The van der Waals surface area contributed by atoms with Gasteiger partial charge in [-0.1, -0.05) is 17.7 Å². The third-order valence-corrected chi connectivity index (χ3v) is 3.03. The monoisotopic (exact) mass is 313 g/mol. The molecule has 0 unspecified atom stereocenters. The third kappa shape index (κ3) is 3.12. The van der Waals surface area contributed by atoms with E-state index >= 15 is 0 Å². The zero-order valence-corrected chi connectivity index (χ0v) is 11.6. The van der Waals surface area contributed by atoms with Crippen LogP contribution in [0.15, 0.2) is 41.0 Å². The van der Waals surface area contributed by atoms with Crippen LogP contribution in [0.1, 0.15) is 10.4 Å². The average Bonchev–Trinajstić information content (AvgIpc) is 2.81. The molecule has 5 nitrogen and oxygen atoms in total. The number of amides is 1. The molecule has 20 heavy (non-hydrogen) atoms. The Bertz CT molecular complexity index is 653. The van der Waals surface area contributed by atoms with Gasteiger partial charge in [-0.25, -0.2) is 0 Å². The van der Waals surface area contributed by atoms with E-state index in [0.717, 1.165) is 4.90 Å². The number of benzene rings is 1. The van der Waals surface area contributed by atoms with Gasteiger partial charge in [0.05, 0.1) is 11.8 Å². The highest BCUT2D eigenvalue weighted by Gasteiger charge is 2.24. The Labute approximate surface area is 124 Å². The number of furan rings is 1. The molecule has 0 radical (unpaired) electrons. The second-order valence-electron chi connectivity index (χ2n) is 3.87. The molecule has 0 aliphatic rings. The molecule has 2 rings (SSSR count). The first-order valence-electron chi connectivity index (χ1n) is 5.51. The molecule has 1 aromatic carbocycles. The van der Waals surface area contributed by atoms with Gasteiger partial charge in [-0.2, -0.15) is 0 Å². The molecule has 1 N–H and O–H groups in total. The maximum atomic E-state index is 12.3. The molecule has 104 valence electrons. The molecule has 0 atom stereocenters. The normalized spacial score (nSPS) is 10.3. The van der Waals surface area contributed by atoms with Crippen molar-refractivity contribution in [3.8, 4) is 0 Å². The summed E-state index contributed by atoms with van der Waals surface area (Å²) < 4.78 is 4.84. The molecule has 1 heterocycles. The summed E-state index contributed by atoms with van der Waals surface area (Å²) in [7, 11) is 0. The van der Waals surface area contributed by atoms with Crippen LogP contribution in [-0.2, 0) is 4.79 Å². The fraction of sp³-hybridized carbons (Fsp3) is 0.0769. The van der Waals surface area contributed by atoms with Crippen LogP contribution in [0.5, 0.6) is 0 Å². The van der Waals surface area contributed by atoms with Gasteiger partial charge in [0, 0.05) is 10.7 Å². The molecule has 1 amide bonds. The lowest BCUT2D eigenvalue weighted by Crippen LogP contribution is -2.35. The fourth-order valence-electron chi connectivity index (χ4n) is 1.65. The van der Waals surface area contributed by atoms with Crippen molar-refractivity contribution in [3.63, 3.8) is 0 Å². The highest BCUT2D eigenvalue weighted by molar-refractivity contribution is 6.33. The van der Waals surface area contributed by atoms with Crippen LogP contribution in [-0.4, -0.2) is 23.5 Å². The minimum absolute atomic E-state index is 0.0904. The number of rotatable bonds is 4. The van der Waals surface area contributed by atoms with E-state index in [1.807, 2.05) is 0 Å². The van der Waals surface area contributed by atoms with Crippen LogP contribution < -0.4 is 4.90 Å². The molecular weight excluding hydrogens is 305 g/mol. The van der Waals surface area contributed by atoms with Crippen LogP contribution in [0, 0.1) is 0 Å². The van der Waals surface area contributed by atoms with E-state index < -0.39 is 18.4 Å². The first-order valence-corrected chi connectivity index (χ1v) is 6.27. The van der Waals surface area contributed by atoms with Crippen molar-refractivity contribution in [2.45, 2.75) is 0 Å². The quantitative estimate of drug-likeness (QED) is 0.940. The van der Waals surface area contributed by atoms with Crippen LogP contribution in [0.3, 0.4) is 0 Å². The molecule has 0 fully saturated rings. The van der Waals surface area contributed by atoms with E-state index in [9.17, 15) is 9.59 Å². The van der Waals surface area contributed by atoms with Crippen LogP contribution >= 0.6 is 23.2 Å². The van der Waals surface area contributed by atoms with Gasteiger partial charge in [0.1, 0.15) is 6.54 Å². The molecule has 0 bridgehead atoms. The second kappa shape index (κ2) is 5.98. The predicted molar refractivity (Wildman–Crippen MR) is 74.5 cm³/mol. The minimum Gasteiger partial charge on any atom is -0.480 e. The molecule has 7 heteroatoms. The van der Waals surface area contributed by atoms with E-state index in [-0.39, 0.29) is 10.8 Å². The summed E-state index contributed by atoms with van der Waals surface area (Å²) in [6, 6.07) is 7.71. The van der Waals surface area contributed by atoms with Gasteiger partial charge < -0.3 is 9.52 Å². The SMILES string of the molecule is O=C(O)CN(C(=O)c1ccoc1Cl)c1cccc(Cl)c1. The summed E-state index contributed by atoms with van der Waals surface area (Å²) in [4.78, 5) is 24.4. The molecule has 0 saturated carbocycles. The zero-order chi connectivity index (χ0) is 14.7. The van der Waals surface area contributed by atoms with Gasteiger partial charge >= 0.3 is 5.97 Å². The number of aliphatic carboxylic acids is 1. The number of carbonyl (C=O) groups excluding carboxylic acids is 1. The van der Waals surface area contributed by atoms with Gasteiger partial charge in [-0.05, 0) is 35.9 Å². The number of nitrogens with zero attached hydrogens (tertiary/aromatic N) is 1.